The predicted octanol–water partition coefficient (Wildman–Crippen LogP) is 3.76. The van der Waals surface area contributed by atoms with Crippen LogP contribution in [0.3, 0.4) is 0 Å². The molecule has 6 nitrogen and oxygen atoms in total. The highest BCUT2D eigenvalue weighted by atomic mass is 19.1. The van der Waals surface area contributed by atoms with E-state index >= 15 is 0 Å². The number of carbonyl (C=O) groups excluding carboxylic acids is 1. The van der Waals surface area contributed by atoms with Crippen LogP contribution in [0.1, 0.15) is 42.4 Å². The lowest BCUT2D eigenvalue weighted by molar-refractivity contribution is -0.133. The van der Waals surface area contributed by atoms with E-state index in [1.165, 1.54) is 37.2 Å². The molecule has 0 unspecified atom stereocenters. The van der Waals surface area contributed by atoms with Crippen molar-refractivity contribution < 1.29 is 23.5 Å². The largest absolute Gasteiger partial charge is 0.474 e. The third-order valence-corrected chi connectivity index (χ3v) is 6.49. The normalized spacial score (nSPS) is 20.9. The SMILES string of the molecule is Cc1c(F)cccc1[C@@]1(C(=O)NO)C=C(c2cnc(OCCN3CCCC3)c(F)c2)CC1. The quantitative estimate of drug-likeness (QED) is 0.504. The van der Waals surface area contributed by atoms with E-state index in [1.54, 1.807) is 24.5 Å². The number of nitrogens with one attached hydrogen (secondary N) is 1. The molecule has 0 saturated carbocycles. The first-order valence-corrected chi connectivity index (χ1v) is 10.9. The zero-order valence-electron chi connectivity index (χ0n) is 18.0. The number of aromatic nitrogens is 1. The minimum atomic E-state index is -1.25. The van der Waals surface area contributed by atoms with Crippen molar-refractivity contribution >= 4 is 11.5 Å². The number of allylic oxidation sites excluding steroid dienone is 1. The summed E-state index contributed by atoms with van der Waals surface area (Å²) in [6.07, 6.45) is 6.31. The zero-order valence-corrected chi connectivity index (χ0v) is 18.0. The molecule has 8 heteroatoms. The summed E-state index contributed by atoms with van der Waals surface area (Å²) >= 11 is 0. The second-order valence-corrected chi connectivity index (χ2v) is 8.40. The van der Waals surface area contributed by atoms with Gasteiger partial charge in [-0.2, -0.15) is 0 Å². The van der Waals surface area contributed by atoms with Gasteiger partial charge in [0.1, 0.15) is 12.4 Å². The third-order valence-electron chi connectivity index (χ3n) is 6.49. The topological polar surface area (TPSA) is 74.7 Å². The molecule has 170 valence electrons. The second kappa shape index (κ2) is 9.34. The van der Waals surface area contributed by atoms with E-state index in [9.17, 15) is 18.8 Å². The molecule has 1 saturated heterocycles. The number of rotatable bonds is 7. The summed E-state index contributed by atoms with van der Waals surface area (Å²) in [4.78, 5) is 19.1. The van der Waals surface area contributed by atoms with Crippen LogP contribution in [0.25, 0.3) is 5.57 Å². The Hall–Kier alpha value is -2.84. The summed E-state index contributed by atoms with van der Waals surface area (Å²) in [6, 6.07) is 5.87. The van der Waals surface area contributed by atoms with Crippen LogP contribution in [0.15, 0.2) is 36.5 Å². The molecule has 2 aromatic rings. The lowest BCUT2D eigenvalue weighted by Gasteiger charge is -2.27. The van der Waals surface area contributed by atoms with Gasteiger partial charge in [-0.05, 0) is 80.1 Å². The van der Waals surface area contributed by atoms with Crippen LogP contribution < -0.4 is 10.2 Å². The van der Waals surface area contributed by atoms with Gasteiger partial charge in [0.25, 0.3) is 5.91 Å². The number of nitrogens with zero attached hydrogens (tertiary/aromatic N) is 2. The summed E-state index contributed by atoms with van der Waals surface area (Å²) < 4.78 is 34.4. The van der Waals surface area contributed by atoms with Gasteiger partial charge in [0.05, 0.1) is 5.41 Å². The highest BCUT2D eigenvalue weighted by molar-refractivity contribution is 5.94. The number of amides is 1. The Morgan fingerprint density at radius 1 is 1.28 bits per heavy atom. The van der Waals surface area contributed by atoms with Gasteiger partial charge in [-0.1, -0.05) is 18.2 Å². The third kappa shape index (κ3) is 4.25. The van der Waals surface area contributed by atoms with E-state index in [0.717, 1.165) is 19.6 Å². The van der Waals surface area contributed by atoms with Gasteiger partial charge >= 0.3 is 0 Å². The molecule has 1 fully saturated rings. The molecule has 4 rings (SSSR count). The molecule has 0 spiro atoms. The Kier molecular flexibility index (Phi) is 6.53. The number of carbonyl (C=O) groups is 1. The predicted molar refractivity (Wildman–Crippen MR) is 115 cm³/mol. The van der Waals surface area contributed by atoms with Crippen LogP contribution in [0.4, 0.5) is 8.78 Å². The fourth-order valence-electron chi connectivity index (χ4n) is 4.69. The van der Waals surface area contributed by atoms with E-state index in [1.807, 2.05) is 0 Å². The summed E-state index contributed by atoms with van der Waals surface area (Å²) in [5.41, 5.74) is 2.49. The first kappa shape index (κ1) is 22.4. The van der Waals surface area contributed by atoms with Crippen molar-refractivity contribution in [2.75, 3.05) is 26.2 Å². The molecule has 32 heavy (non-hydrogen) atoms. The first-order chi connectivity index (χ1) is 15.4. The maximum Gasteiger partial charge on any atom is 0.257 e. The summed E-state index contributed by atoms with van der Waals surface area (Å²) in [5.74, 6) is -1.71. The maximum atomic E-state index is 14.7. The van der Waals surface area contributed by atoms with Crippen molar-refractivity contribution in [3.63, 3.8) is 0 Å². The van der Waals surface area contributed by atoms with Crippen molar-refractivity contribution in [3.05, 3.63) is 64.9 Å². The number of benzene rings is 1. The number of likely N-dealkylation sites (tertiary alicyclic amines) is 1. The Bertz CT molecular complexity index is 1040. The number of ether oxygens (including phenoxy) is 1. The van der Waals surface area contributed by atoms with Gasteiger partial charge in [-0.25, -0.2) is 19.2 Å². The molecular formula is C24H27F2N3O3. The standard InChI is InChI=1S/C24H27F2N3O3/c1-16-19(5-4-6-20(16)25)24(23(30)28-31)8-7-17(14-24)18-13-21(26)22(27-15-18)32-12-11-29-9-2-3-10-29/h4-6,13-15,31H,2-3,7-12H2,1H3,(H,28,30)/t24-/m0/s1. The van der Waals surface area contributed by atoms with Crippen molar-refractivity contribution in [1.29, 1.82) is 0 Å². The molecule has 1 aromatic heterocycles. The molecule has 0 radical (unpaired) electrons. The van der Waals surface area contributed by atoms with Gasteiger partial charge in [0, 0.05) is 12.7 Å². The van der Waals surface area contributed by atoms with E-state index in [2.05, 4.69) is 9.88 Å². The first-order valence-electron chi connectivity index (χ1n) is 10.9. The zero-order chi connectivity index (χ0) is 22.7. The fraction of sp³-hybridized carbons (Fsp3) is 0.417. The molecule has 1 atom stereocenters. The lowest BCUT2D eigenvalue weighted by Crippen LogP contribution is -2.41. The molecule has 1 aliphatic carbocycles. The molecule has 2 N–H and O–H groups in total. The van der Waals surface area contributed by atoms with Crippen LogP contribution in [0, 0.1) is 18.6 Å². The molecule has 1 amide bonds. The molecule has 2 aliphatic rings. The second-order valence-electron chi connectivity index (χ2n) is 8.40. The van der Waals surface area contributed by atoms with E-state index in [-0.39, 0.29) is 5.88 Å². The Morgan fingerprint density at radius 3 is 2.78 bits per heavy atom. The Morgan fingerprint density at radius 2 is 2.06 bits per heavy atom. The van der Waals surface area contributed by atoms with E-state index in [0.29, 0.717) is 41.7 Å². The van der Waals surface area contributed by atoms with Crippen molar-refractivity contribution in [3.8, 4) is 5.88 Å². The number of pyridine rings is 1. The number of hydrogen-bond acceptors (Lipinski definition) is 5. The highest BCUT2D eigenvalue weighted by Crippen LogP contribution is 2.44. The maximum absolute atomic E-state index is 14.7. The fourth-order valence-corrected chi connectivity index (χ4v) is 4.69. The van der Waals surface area contributed by atoms with Gasteiger partial charge in [0.2, 0.25) is 5.88 Å². The van der Waals surface area contributed by atoms with Crippen LogP contribution in [-0.4, -0.2) is 47.2 Å². The van der Waals surface area contributed by atoms with Crippen molar-refractivity contribution in [2.45, 2.75) is 38.0 Å². The van der Waals surface area contributed by atoms with Gasteiger partial charge in [0.15, 0.2) is 5.82 Å². The average Bonchev–Trinajstić information content (AvgIpc) is 3.47. The highest BCUT2D eigenvalue weighted by Gasteiger charge is 2.43. The molecule has 1 aliphatic heterocycles. The molecular weight excluding hydrogens is 416 g/mol. The minimum absolute atomic E-state index is 0.0492. The Balaban J connectivity index is 1.57. The molecule has 0 bridgehead atoms. The monoisotopic (exact) mass is 443 g/mol. The number of hydroxylamine groups is 1. The smallest absolute Gasteiger partial charge is 0.257 e. The Labute approximate surface area is 185 Å². The molecule has 2 heterocycles. The van der Waals surface area contributed by atoms with Crippen molar-refractivity contribution in [1.82, 2.24) is 15.4 Å². The number of hydrogen-bond donors (Lipinski definition) is 2. The van der Waals surface area contributed by atoms with Crippen molar-refractivity contribution in [2.24, 2.45) is 0 Å². The lowest BCUT2D eigenvalue weighted by atomic mass is 9.77. The summed E-state index contributed by atoms with van der Waals surface area (Å²) in [5, 5.41) is 9.37. The van der Waals surface area contributed by atoms with Crippen LogP contribution in [0.2, 0.25) is 0 Å². The summed E-state index contributed by atoms with van der Waals surface area (Å²) in [6.45, 7) is 4.78. The van der Waals surface area contributed by atoms with E-state index < -0.39 is 23.0 Å². The number of halogens is 2. The van der Waals surface area contributed by atoms with Gasteiger partial charge < -0.3 is 4.74 Å². The molecule has 1 aromatic carbocycles. The van der Waals surface area contributed by atoms with E-state index in [4.69, 9.17) is 4.74 Å². The minimum Gasteiger partial charge on any atom is -0.474 e. The van der Waals surface area contributed by atoms with Gasteiger partial charge in [-0.15, -0.1) is 0 Å². The van der Waals surface area contributed by atoms with Crippen LogP contribution in [-0.2, 0) is 10.2 Å². The average molecular weight is 443 g/mol. The van der Waals surface area contributed by atoms with Gasteiger partial charge in [-0.3, -0.25) is 14.9 Å². The van der Waals surface area contributed by atoms with Crippen LogP contribution in [0.5, 0.6) is 5.88 Å². The summed E-state index contributed by atoms with van der Waals surface area (Å²) in [7, 11) is 0. The van der Waals surface area contributed by atoms with Crippen LogP contribution >= 0.6 is 0 Å².